The van der Waals surface area contributed by atoms with Crippen molar-refractivity contribution < 1.29 is 66.8 Å². The van der Waals surface area contributed by atoms with Crippen molar-refractivity contribution in [3.8, 4) is 0 Å². The number of imidazole rings is 1. The van der Waals surface area contributed by atoms with E-state index in [0.717, 1.165) is 6.33 Å². The zero-order valence-corrected chi connectivity index (χ0v) is 24.3. The summed E-state index contributed by atoms with van der Waals surface area (Å²) in [4.78, 5) is 45.7. The predicted octanol–water partition coefficient (Wildman–Crippen LogP) is -2.98. The molecule has 5 rings (SSSR count). The van der Waals surface area contributed by atoms with Crippen molar-refractivity contribution in [2.24, 2.45) is 11.7 Å². The Labute approximate surface area is 247 Å². The van der Waals surface area contributed by atoms with Gasteiger partial charge in [0.05, 0.1) is 25.6 Å². The summed E-state index contributed by atoms with van der Waals surface area (Å²) in [6.07, 6.45) is -3.54. The molecule has 2 fully saturated rings. The van der Waals surface area contributed by atoms with Gasteiger partial charge in [0.2, 0.25) is 0 Å². The number of aliphatic hydroxyl groups excluding tert-OH is 4. The average Bonchev–Trinajstić information content (AvgIpc) is 3.61. The number of hydrogen-bond acceptors (Lipinski definition) is 16. The molecule has 0 radical (unpaired) electrons. The second kappa shape index (κ2) is 12.4. The monoisotopic (exact) mass is 661 g/mol. The van der Waals surface area contributed by atoms with Gasteiger partial charge in [-0.25, -0.2) is 23.8 Å². The lowest BCUT2D eigenvalue weighted by Crippen LogP contribution is -2.45. The maximum atomic E-state index is 12.4. The normalized spacial score (nSPS) is 31.6. The third-order valence-electron chi connectivity index (χ3n) is 7.31. The quantitative estimate of drug-likeness (QED) is 0.0796. The Balaban J connectivity index is 1.16. The molecule has 4 heterocycles. The number of ether oxygens (including phenoxy) is 1. The number of fused-ring (bicyclic) bond motifs is 1. The lowest BCUT2D eigenvalue weighted by Gasteiger charge is -2.27. The maximum Gasteiger partial charge on any atom is 0.478 e. The summed E-state index contributed by atoms with van der Waals surface area (Å²) in [6.45, 7) is -1.64. The first-order valence-corrected chi connectivity index (χ1v) is 15.9. The molecule has 20 nitrogen and oxygen atoms in total. The van der Waals surface area contributed by atoms with Crippen molar-refractivity contribution in [1.82, 2.24) is 19.5 Å². The molecular formula is C22H29N7O13P2. The Kier molecular flexibility index (Phi) is 9.16. The van der Waals surface area contributed by atoms with E-state index in [2.05, 4.69) is 19.3 Å². The van der Waals surface area contributed by atoms with Crippen LogP contribution in [-0.4, -0.2) is 94.5 Å². The van der Waals surface area contributed by atoms with Gasteiger partial charge in [-0.2, -0.15) is 4.57 Å². The van der Waals surface area contributed by atoms with Crippen molar-refractivity contribution in [2.45, 2.75) is 49.2 Å². The summed E-state index contributed by atoms with van der Waals surface area (Å²) in [5.74, 6) is -1.63. The fourth-order valence-electron chi connectivity index (χ4n) is 5.09. The molecule has 44 heavy (non-hydrogen) atoms. The molecule has 1 saturated heterocycles. The van der Waals surface area contributed by atoms with Gasteiger partial charge in [-0.15, -0.1) is 0 Å². The van der Waals surface area contributed by atoms with E-state index in [9.17, 15) is 44.1 Å². The summed E-state index contributed by atoms with van der Waals surface area (Å²) in [5, 5.41) is 41.8. The van der Waals surface area contributed by atoms with Gasteiger partial charge < -0.3 is 50.9 Å². The lowest BCUT2D eigenvalue weighted by atomic mass is 10.1. The molecule has 3 aromatic heterocycles. The minimum absolute atomic E-state index is 0.00622. The van der Waals surface area contributed by atoms with Crippen molar-refractivity contribution in [2.75, 3.05) is 18.9 Å². The standard InChI is InChI=1S/C22H29N7O13P2/c23-19-14-21(26-8-25-19)29(9-27-14)22-18(33)17(32)13(41-22)7-40-44(37,38)42-43(35,36)39-6-11-4-12(16(31)15(11)30)28-3-1-2-10(5-28)20(24)34/h1-3,5,8-9,11-13,15-18,22,30-33H,4,6-7H2,(H5-,23,24,25,26,34,35,36,37,38)/t11-,12-,13+,15+,16-,17-,18-,22-/m0/s1. The van der Waals surface area contributed by atoms with Gasteiger partial charge in [0, 0.05) is 18.4 Å². The number of nitrogen functional groups attached to an aromatic ring is 1. The number of phosphoric acid groups is 2. The first-order chi connectivity index (χ1) is 20.7. The molecule has 0 aromatic carbocycles. The van der Waals surface area contributed by atoms with Crippen LogP contribution in [0.3, 0.4) is 0 Å². The minimum Gasteiger partial charge on any atom is -0.756 e. The molecule has 22 heteroatoms. The van der Waals surface area contributed by atoms with Crippen LogP contribution in [0.4, 0.5) is 5.82 Å². The summed E-state index contributed by atoms with van der Waals surface area (Å²) in [6, 6.07) is 2.17. The van der Waals surface area contributed by atoms with Gasteiger partial charge in [-0.1, -0.05) is 0 Å². The van der Waals surface area contributed by atoms with Crippen molar-refractivity contribution >= 4 is 38.5 Å². The molecule has 9 N–H and O–H groups in total. The van der Waals surface area contributed by atoms with Gasteiger partial charge in [0.1, 0.15) is 41.8 Å². The van der Waals surface area contributed by atoms with Crippen molar-refractivity contribution in [3.63, 3.8) is 0 Å². The van der Waals surface area contributed by atoms with Crippen LogP contribution in [0.15, 0.2) is 37.2 Å². The molecule has 1 amide bonds. The second-order valence-corrected chi connectivity index (χ2v) is 13.2. The summed E-state index contributed by atoms with van der Waals surface area (Å²) >= 11 is 0. The zero-order chi connectivity index (χ0) is 32.0. The highest BCUT2D eigenvalue weighted by molar-refractivity contribution is 7.60. The van der Waals surface area contributed by atoms with Gasteiger partial charge in [-0.05, 0) is 6.07 Å². The minimum atomic E-state index is -5.54. The molecule has 10 atom stereocenters. The maximum absolute atomic E-state index is 12.4. The smallest absolute Gasteiger partial charge is 0.478 e. The molecule has 2 unspecified atom stereocenters. The highest BCUT2D eigenvalue weighted by Crippen LogP contribution is 2.58. The first-order valence-electron chi connectivity index (χ1n) is 12.9. The van der Waals surface area contributed by atoms with Crippen molar-refractivity contribution in [3.05, 3.63) is 42.7 Å². The van der Waals surface area contributed by atoms with E-state index in [4.69, 9.17) is 25.3 Å². The van der Waals surface area contributed by atoms with Crippen LogP contribution in [0.2, 0.25) is 0 Å². The Bertz CT molecular complexity index is 1630. The van der Waals surface area contributed by atoms with Crippen LogP contribution in [0.5, 0.6) is 0 Å². The molecule has 0 spiro atoms. The number of nitrogens with two attached hydrogens (primary N) is 2. The van der Waals surface area contributed by atoms with Gasteiger partial charge in [0.25, 0.3) is 13.7 Å². The van der Waals surface area contributed by atoms with Gasteiger partial charge >= 0.3 is 7.82 Å². The Morgan fingerprint density at radius 3 is 2.59 bits per heavy atom. The van der Waals surface area contributed by atoms with Gasteiger partial charge in [0.15, 0.2) is 36.1 Å². The number of carbonyl (C=O) groups is 1. The zero-order valence-electron chi connectivity index (χ0n) is 22.5. The number of hydrogen-bond donors (Lipinski definition) is 7. The Morgan fingerprint density at radius 1 is 1.11 bits per heavy atom. The predicted molar refractivity (Wildman–Crippen MR) is 140 cm³/mol. The summed E-state index contributed by atoms with van der Waals surface area (Å²) < 4.78 is 46.6. The Hall–Kier alpha value is -2.97. The number of anilines is 1. The molecular weight excluding hydrogens is 632 g/mol. The molecule has 1 saturated carbocycles. The molecule has 3 aromatic rings. The number of pyridine rings is 1. The number of rotatable bonds is 11. The number of amides is 1. The molecule has 1 aliphatic heterocycles. The van der Waals surface area contributed by atoms with E-state index < -0.39 is 83.5 Å². The third-order valence-corrected chi connectivity index (χ3v) is 9.88. The van der Waals surface area contributed by atoms with E-state index in [-0.39, 0.29) is 29.0 Å². The van der Waals surface area contributed by atoms with Crippen molar-refractivity contribution in [1.29, 1.82) is 0 Å². The molecule has 1 aliphatic carbocycles. The fraction of sp³-hybridized carbons (Fsp3) is 0.500. The Morgan fingerprint density at radius 2 is 1.86 bits per heavy atom. The van der Waals surface area contributed by atoms with E-state index in [1.54, 1.807) is 0 Å². The fourth-order valence-corrected chi connectivity index (χ4v) is 7.18. The second-order valence-electron chi connectivity index (χ2n) is 10.2. The molecule has 2 aliphatic rings. The number of aromatic nitrogens is 5. The van der Waals surface area contributed by atoms with E-state index in [1.165, 1.54) is 40.0 Å². The highest BCUT2D eigenvalue weighted by atomic mass is 31.3. The first kappa shape index (κ1) is 32.4. The van der Waals surface area contributed by atoms with Crippen LogP contribution < -0.4 is 20.9 Å². The lowest BCUT2D eigenvalue weighted by molar-refractivity contribution is -0.728. The largest absolute Gasteiger partial charge is 0.756 e. The number of nitrogens with zero attached hydrogens (tertiary/aromatic N) is 5. The summed E-state index contributed by atoms with van der Waals surface area (Å²) in [7, 11) is -10.9. The van der Waals surface area contributed by atoms with Gasteiger partial charge in [-0.3, -0.25) is 18.5 Å². The summed E-state index contributed by atoms with van der Waals surface area (Å²) in [5.41, 5.74) is 11.5. The number of phosphoric ester groups is 2. The highest BCUT2D eigenvalue weighted by Gasteiger charge is 2.48. The van der Waals surface area contributed by atoms with E-state index in [0.29, 0.717) is 0 Å². The average molecular weight is 661 g/mol. The SMILES string of the molecule is NC(=O)c1ccc[n+]([C@H]2C[C@@H](COP(=O)([O-])OP(=O)(O)OC[C@H]3O[C@H](n4cnc5c(N)ncnc54)[C@@H](O)[C@H]3O)[C@@H](O)[C@H]2O)c1. The third kappa shape index (κ3) is 6.66. The van der Waals surface area contributed by atoms with Crippen LogP contribution in [-0.2, 0) is 27.2 Å². The number of aliphatic hydroxyl groups is 4. The van der Waals surface area contributed by atoms with E-state index >= 15 is 0 Å². The number of carbonyl (C=O) groups excluding carboxylic acids is 1. The van der Waals surface area contributed by atoms with Crippen LogP contribution in [0.1, 0.15) is 29.0 Å². The van der Waals surface area contributed by atoms with Crippen LogP contribution in [0, 0.1) is 5.92 Å². The molecule has 240 valence electrons. The van der Waals surface area contributed by atoms with Crippen LogP contribution >= 0.6 is 15.6 Å². The number of primary amides is 1. The van der Waals surface area contributed by atoms with E-state index in [1.807, 2.05) is 0 Å². The topological polar surface area (TPSA) is 312 Å². The van der Waals surface area contributed by atoms with Crippen LogP contribution in [0.25, 0.3) is 11.2 Å². The molecule has 0 bridgehead atoms.